The van der Waals surface area contributed by atoms with Crippen LogP contribution in [0.1, 0.15) is 36.9 Å². The molecule has 1 saturated carbocycles. The normalized spacial score (nSPS) is 17.9. The second-order valence-electron chi connectivity index (χ2n) is 4.13. The van der Waals surface area contributed by atoms with Crippen molar-refractivity contribution in [2.75, 3.05) is 0 Å². The highest BCUT2D eigenvalue weighted by atomic mass is 16.5. The molecule has 0 amide bonds. The third-order valence-electron chi connectivity index (χ3n) is 2.54. The molecule has 0 aliphatic heterocycles. The maximum Gasteiger partial charge on any atom is 0.122 e. The van der Waals surface area contributed by atoms with Gasteiger partial charge in [0, 0.05) is 6.04 Å². The van der Waals surface area contributed by atoms with Crippen LogP contribution >= 0.6 is 0 Å². The van der Waals surface area contributed by atoms with Gasteiger partial charge in [0.2, 0.25) is 0 Å². The molecule has 0 heterocycles. The van der Waals surface area contributed by atoms with Crippen LogP contribution in [-0.2, 0) is 0 Å². The topological polar surface area (TPSA) is 35.2 Å². The first kappa shape index (κ1) is 9.53. The van der Waals surface area contributed by atoms with Crippen LogP contribution < -0.4 is 10.5 Å². The van der Waals surface area contributed by atoms with Crippen LogP contribution in [0.4, 0.5) is 0 Å². The zero-order valence-corrected chi connectivity index (χ0v) is 8.79. The second kappa shape index (κ2) is 3.62. The number of nitrogens with two attached hydrogens (primary N) is 1. The Balaban J connectivity index is 2.17. The lowest BCUT2D eigenvalue weighted by Gasteiger charge is -2.11. The minimum Gasteiger partial charge on any atom is -0.490 e. The van der Waals surface area contributed by atoms with Gasteiger partial charge in [0.1, 0.15) is 5.75 Å². The number of aryl methyl sites for hydroxylation is 1. The molecule has 2 nitrogen and oxygen atoms in total. The molecular weight excluding hydrogens is 174 g/mol. The van der Waals surface area contributed by atoms with E-state index in [1.807, 2.05) is 13.0 Å². The van der Waals surface area contributed by atoms with E-state index in [2.05, 4.69) is 19.1 Å². The van der Waals surface area contributed by atoms with Crippen LogP contribution in [0.25, 0.3) is 0 Å². The predicted octanol–water partition coefficient (Wildman–Crippen LogP) is 2.56. The van der Waals surface area contributed by atoms with Crippen molar-refractivity contribution in [1.29, 1.82) is 0 Å². The second-order valence-corrected chi connectivity index (χ2v) is 4.13. The van der Waals surface area contributed by atoms with E-state index in [9.17, 15) is 0 Å². The van der Waals surface area contributed by atoms with Gasteiger partial charge in [0.15, 0.2) is 0 Å². The highest BCUT2D eigenvalue weighted by Crippen LogP contribution is 2.29. The average Bonchev–Trinajstić information content (AvgIpc) is 2.92. The van der Waals surface area contributed by atoms with Gasteiger partial charge in [-0.2, -0.15) is 0 Å². The summed E-state index contributed by atoms with van der Waals surface area (Å²) in [4.78, 5) is 0. The largest absolute Gasteiger partial charge is 0.490 e. The third-order valence-corrected chi connectivity index (χ3v) is 2.54. The summed E-state index contributed by atoms with van der Waals surface area (Å²) in [5, 5.41) is 0. The van der Waals surface area contributed by atoms with Gasteiger partial charge in [-0.3, -0.25) is 0 Å². The molecule has 1 aromatic carbocycles. The first-order valence-corrected chi connectivity index (χ1v) is 5.19. The molecule has 2 N–H and O–H groups in total. The Morgan fingerprint density at radius 1 is 1.43 bits per heavy atom. The van der Waals surface area contributed by atoms with Gasteiger partial charge in [0.25, 0.3) is 0 Å². The van der Waals surface area contributed by atoms with E-state index in [0.717, 1.165) is 5.75 Å². The van der Waals surface area contributed by atoms with Crippen LogP contribution in [0.2, 0.25) is 0 Å². The number of hydrogen-bond acceptors (Lipinski definition) is 2. The highest BCUT2D eigenvalue weighted by molar-refractivity contribution is 5.37. The summed E-state index contributed by atoms with van der Waals surface area (Å²) in [6.45, 7) is 4.07. The quantitative estimate of drug-likeness (QED) is 0.797. The summed E-state index contributed by atoms with van der Waals surface area (Å²) in [6, 6.07) is 6.30. The Hall–Kier alpha value is -1.02. The van der Waals surface area contributed by atoms with Crippen LogP contribution in [0.5, 0.6) is 5.75 Å². The molecule has 2 heteroatoms. The van der Waals surface area contributed by atoms with E-state index in [0.29, 0.717) is 6.10 Å². The molecule has 1 fully saturated rings. The van der Waals surface area contributed by atoms with Crippen molar-refractivity contribution < 1.29 is 4.74 Å². The fourth-order valence-corrected chi connectivity index (χ4v) is 1.45. The number of hydrogen-bond donors (Lipinski definition) is 1. The van der Waals surface area contributed by atoms with E-state index < -0.39 is 0 Å². The molecule has 1 aromatic rings. The van der Waals surface area contributed by atoms with Crippen molar-refractivity contribution in [3.63, 3.8) is 0 Å². The van der Waals surface area contributed by atoms with E-state index in [1.54, 1.807) is 0 Å². The molecule has 0 bridgehead atoms. The number of ether oxygens (including phenoxy) is 1. The molecule has 1 aliphatic rings. The van der Waals surface area contributed by atoms with Crippen LogP contribution in [0, 0.1) is 6.92 Å². The average molecular weight is 191 g/mol. The van der Waals surface area contributed by atoms with E-state index in [4.69, 9.17) is 10.5 Å². The molecule has 2 rings (SSSR count). The van der Waals surface area contributed by atoms with Crippen LogP contribution in [0.3, 0.4) is 0 Å². The van der Waals surface area contributed by atoms with Crippen molar-refractivity contribution in [2.24, 2.45) is 5.73 Å². The van der Waals surface area contributed by atoms with Gasteiger partial charge in [0.05, 0.1) is 6.10 Å². The van der Waals surface area contributed by atoms with Gasteiger partial charge in [-0.25, -0.2) is 0 Å². The Morgan fingerprint density at radius 3 is 2.64 bits per heavy atom. The lowest BCUT2D eigenvalue weighted by Crippen LogP contribution is -2.06. The molecular formula is C12H17NO. The maximum atomic E-state index is 5.81. The minimum atomic E-state index is 0.101. The molecule has 14 heavy (non-hydrogen) atoms. The first-order valence-electron chi connectivity index (χ1n) is 5.19. The van der Waals surface area contributed by atoms with Crippen molar-refractivity contribution in [3.8, 4) is 5.75 Å². The Labute approximate surface area is 85.1 Å². The van der Waals surface area contributed by atoms with Crippen molar-refractivity contribution >= 4 is 0 Å². The number of rotatable bonds is 3. The van der Waals surface area contributed by atoms with Gasteiger partial charge >= 0.3 is 0 Å². The molecule has 0 saturated heterocycles. The Kier molecular flexibility index (Phi) is 2.46. The van der Waals surface area contributed by atoms with Gasteiger partial charge in [-0.05, 0) is 43.9 Å². The number of benzene rings is 1. The monoisotopic (exact) mass is 191 g/mol. The predicted molar refractivity (Wildman–Crippen MR) is 57.4 cm³/mol. The van der Waals surface area contributed by atoms with Gasteiger partial charge < -0.3 is 10.5 Å². The molecule has 1 aliphatic carbocycles. The summed E-state index contributed by atoms with van der Waals surface area (Å²) in [5.74, 6) is 1.01. The van der Waals surface area contributed by atoms with Crippen LogP contribution in [0.15, 0.2) is 18.2 Å². The summed E-state index contributed by atoms with van der Waals surface area (Å²) in [7, 11) is 0. The lowest BCUT2D eigenvalue weighted by atomic mass is 10.1. The van der Waals surface area contributed by atoms with Crippen molar-refractivity contribution in [3.05, 3.63) is 29.3 Å². The summed E-state index contributed by atoms with van der Waals surface area (Å²) < 4.78 is 5.75. The van der Waals surface area contributed by atoms with E-state index in [-0.39, 0.29) is 6.04 Å². The SMILES string of the molecule is Cc1cc(C(C)N)ccc1OC1CC1. The molecule has 76 valence electrons. The van der Waals surface area contributed by atoms with Crippen molar-refractivity contribution in [1.82, 2.24) is 0 Å². The molecule has 0 spiro atoms. The standard InChI is InChI=1S/C12H17NO/c1-8-7-10(9(2)13)3-6-12(8)14-11-4-5-11/h3,6-7,9,11H,4-5,13H2,1-2H3. The maximum absolute atomic E-state index is 5.81. The summed E-state index contributed by atoms with van der Waals surface area (Å²) in [6.07, 6.45) is 2.87. The van der Waals surface area contributed by atoms with E-state index in [1.165, 1.54) is 24.0 Å². The van der Waals surface area contributed by atoms with Gasteiger partial charge in [-0.1, -0.05) is 12.1 Å². The Bertz CT molecular complexity index is 329. The fraction of sp³-hybridized carbons (Fsp3) is 0.500. The zero-order chi connectivity index (χ0) is 10.1. The van der Waals surface area contributed by atoms with Gasteiger partial charge in [-0.15, -0.1) is 0 Å². The molecule has 0 aromatic heterocycles. The Morgan fingerprint density at radius 2 is 2.14 bits per heavy atom. The zero-order valence-electron chi connectivity index (χ0n) is 8.79. The minimum absolute atomic E-state index is 0.101. The summed E-state index contributed by atoms with van der Waals surface area (Å²) in [5.41, 5.74) is 8.16. The third kappa shape index (κ3) is 2.07. The van der Waals surface area contributed by atoms with Crippen molar-refractivity contribution in [2.45, 2.75) is 38.8 Å². The fourth-order valence-electron chi connectivity index (χ4n) is 1.45. The molecule has 1 atom stereocenters. The lowest BCUT2D eigenvalue weighted by molar-refractivity contribution is 0.301. The van der Waals surface area contributed by atoms with Crippen LogP contribution in [-0.4, -0.2) is 6.10 Å². The first-order chi connectivity index (χ1) is 6.66. The molecule has 1 unspecified atom stereocenters. The van der Waals surface area contributed by atoms with E-state index >= 15 is 0 Å². The highest BCUT2D eigenvalue weighted by Gasteiger charge is 2.24. The summed E-state index contributed by atoms with van der Waals surface area (Å²) >= 11 is 0. The smallest absolute Gasteiger partial charge is 0.122 e. The molecule has 0 radical (unpaired) electrons.